The van der Waals surface area contributed by atoms with Crippen LogP contribution in [0.5, 0.6) is 0 Å². The number of piperidine rings is 1. The summed E-state index contributed by atoms with van der Waals surface area (Å²) < 4.78 is 66.5. The number of nitrogens with zero attached hydrogens (tertiary/aromatic N) is 2. The summed E-state index contributed by atoms with van der Waals surface area (Å²) in [7, 11) is -3.75. The van der Waals surface area contributed by atoms with Gasteiger partial charge in [0, 0.05) is 31.6 Å². The Labute approximate surface area is 161 Å². The van der Waals surface area contributed by atoms with E-state index in [-0.39, 0.29) is 33.7 Å². The summed E-state index contributed by atoms with van der Waals surface area (Å²) in [6.07, 6.45) is 1.88. The first-order chi connectivity index (χ1) is 13.2. The summed E-state index contributed by atoms with van der Waals surface area (Å²) >= 11 is 0. The van der Waals surface area contributed by atoms with Gasteiger partial charge in [0.15, 0.2) is 15.7 Å². The highest BCUT2D eigenvalue weighted by Crippen LogP contribution is 2.28. The van der Waals surface area contributed by atoms with Gasteiger partial charge in [-0.1, -0.05) is 0 Å². The van der Waals surface area contributed by atoms with E-state index in [9.17, 15) is 26.4 Å². The fourth-order valence-electron chi connectivity index (χ4n) is 3.32. The van der Waals surface area contributed by atoms with Crippen molar-refractivity contribution in [3.8, 4) is 11.3 Å². The standard InChI is InChI=1S/C19H19F3N2O3S/c1-12(25)24-6-4-13(5-7-24)11-28(26,27)15-2-3-16(17(21)9-15)19-18(22)8-14(20)10-23-19/h2-3,8-10,13H,4-7,11H2,1H3. The fourth-order valence-corrected chi connectivity index (χ4v) is 5.02. The Morgan fingerprint density at radius 2 is 1.82 bits per heavy atom. The molecule has 5 nitrogen and oxygen atoms in total. The molecule has 3 rings (SSSR count). The molecule has 0 atom stereocenters. The summed E-state index contributed by atoms with van der Waals surface area (Å²) in [5, 5.41) is 0. The molecule has 0 radical (unpaired) electrons. The lowest BCUT2D eigenvalue weighted by atomic mass is 9.99. The number of carbonyl (C=O) groups is 1. The van der Waals surface area contributed by atoms with Gasteiger partial charge in [0.2, 0.25) is 5.91 Å². The van der Waals surface area contributed by atoms with Crippen LogP contribution >= 0.6 is 0 Å². The maximum absolute atomic E-state index is 14.5. The van der Waals surface area contributed by atoms with Gasteiger partial charge in [0.1, 0.15) is 17.3 Å². The second-order valence-corrected chi connectivity index (χ2v) is 8.89. The van der Waals surface area contributed by atoms with E-state index in [1.165, 1.54) is 13.0 Å². The van der Waals surface area contributed by atoms with E-state index in [1.54, 1.807) is 4.90 Å². The highest BCUT2D eigenvalue weighted by atomic mass is 32.2. The molecule has 150 valence electrons. The summed E-state index contributed by atoms with van der Waals surface area (Å²) in [5.74, 6) is -3.20. The van der Waals surface area contributed by atoms with Crippen LogP contribution in [0.15, 0.2) is 35.4 Å². The minimum atomic E-state index is -3.75. The number of pyridine rings is 1. The third-order valence-electron chi connectivity index (χ3n) is 4.88. The molecule has 0 N–H and O–H groups in total. The molecule has 0 unspecified atom stereocenters. The number of aromatic nitrogens is 1. The third kappa shape index (κ3) is 4.35. The van der Waals surface area contributed by atoms with Crippen molar-refractivity contribution in [1.29, 1.82) is 0 Å². The Morgan fingerprint density at radius 3 is 2.39 bits per heavy atom. The lowest BCUT2D eigenvalue weighted by Crippen LogP contribution is -2.38. The molecule has 2 aromatic rings. The van der Waals surface area contributed by atoms with E-state index < -0.39 is 27.3 Å². The highest BCUT2D eigenvalue weighted by molar-refractivity contribution is 7.91. The first-order valence-electron chi connectivity index (χ1n) is 8.76. The molecule has 0 bridgehead atoms. The smallest absolute Gasteiger partial charge is 0.219 e. The first-order valence-corrected chi connectivity index (χ1v) is 10.4. The second-order valence-electron chi connectivity index (χ2n) is 6.86. The molecule has 1 fully saturated rings. The SMILES string of the molecule is CC(=O)N1CCC(CS(=O)(=O)c2ccc(-c3ncc(F)cc3F)c(F)c2)CC1. The van der Waals surface area contributed by atoms with Gasteiger partial charge < -0.3 is 4.90 Å². The highest BCUT2D eigenvalue weighted by Gasteiger charge is 2.27. The number of rotatable bonds is 4. The van der Waals surface area contributed by atoms with Crippen molar-refractivity contribution in [2.24, 2.45) is 5.92 Å². The Kier molecular flexibility index (Phi) is 5.74. The van der Waals surface area contributed by atoms with Crippen LogP contribution in [0.4, 0.5) is 13.2 Å². The molecule has 9 heteroatoms. The van der Waals surface area contributed by atoms with Crippen LogP contribution in [0.2, 0.25) is 0 Å². The molecule has 0 aliphatic carbocycles. The third-order valence-corrected chi connectivity index (χ3v) is 6.76. The number of sulfone groups is 1. The van der Waals surface area contributed by atoms with Gasteiger partial charge in [-0.2, -0.15) is 0 Å². The van der Waals surface area contributed by atoms with Gasteiger partial charge in [-0.25, -0.2) is 21.6 Å². The van der Waals surface area contributed by atoms with Crippen molar-refractivity contribution < 1.29 is 26.4 Å². The van der Waals surface area contributed by atoms with Gasteiger partial charge in [-0.3, -0.25) is 9.78 Å². The monoisotopic (exact) mass is 412 g/mol. The first kappa shape index (κ1) is 20.3. The average molecular weight is 412 g/mol. The van der Waals surface area contributed by atoms with Gasteiger partial charge >= 0.3 is 0 Å². The summed E-state index contributed by atoms with van der Waals surface area (Å²) in [6.45, 7) is 2.47. The van der Waals surface area contributed by atoms with Crippen LogP contribution < -0.4 is 0 Å². The van der Waals surface area contributed by atoms with Crippen LogP contribution in [0.25, 0.3) is 11.3 Å². The number of hydrogen-bond donors (Lipinski definition) is 0. The van der Waals surface area contributed by atoms with Crippen molar-refractivity contribution in [1.82, 2.24) is 9.88 Å². The van der Waals surface area contributed by atoms with Crippen molar-refractivity contribution in [3.05, 3.63) is 47.9 Å². The fraction of sp³-hybridized carbons (Fsp3) is 0.368. The zero-order chi connectivity index (χ0) is 20.5. The quantitative estimate of drug-likeness (QED) is 0.774. The van der Waals surface area contributed by atoms with Gasteiger partial charge in [-0.15, -0.1) is 0 Å². The molecule has 2 heterocycles. The zero-order valence-electron chi connectivity index (χ0n) is 15.2. The Morgan fingerprint density at radius 1 is 1.14 bits per heavy atom. The van der Waals surface area contributed by atoms with Crippen LogP contribution in [-0.4, -0.2) is 43.1 Å². The molecule has 1 aromatic carbocycles. The Hall–Kier alpha value is -2.42. The summed E-state index contributed by atoms with van der Waals surface area (Å²) in [5.41, 5.74) is -0.634. The number of likely N-dealkylation sites (tertiary alicyclic amines) is 1. The Bertz CT molecular complexity index is 1000. The zero-order valence-corrected chi connectivity index (χ0v) is 16.0. The van der Waals surface area contributed by atoms with Crippen LogP contribution in [0.1, 0.15) is 19.8 Å². The number of halogens is 3. The Balaban J connectivity index is 1.78. The second kappa shape index (κ2) is 7.90. The number of amides is 1. The van der Waals surface area contributed by atoms with E-state index in [4.69, 9.17) is 0 Å². The van der Waals surface area contributed by atoms with E-state index >= 15 is 0 Å². The lowest BCUT2D eigenvalue weighted by molar-refractivity contribution is -0.130. The maximum atomic E-state index is 14.5. The molecule has 1 saturated heterocycles. The minimum Gasteiger partial charge on any atom is -0.343 e. The lowest BCUT2D eigenvalue weighted by Gasteiger charge is -2.31. The van der Waals surface area contributed by atoms with Gasteiger partial charge in [0.25, 0.3) is 0 Å². The van der Waals surface area contributed by atoms with Crippen LogP contribution in [0.3, 0.4) is 0 Å². The molecule has 1 aliphatic rings. The van der Waals surface area contributed by atoms with Crippen molar-refractivity contribution in [3.63, 3.8) is 0 Å². The van der Waals surface area contributed by atoms with E-state index in [0.29, 0.717) is 32.0 Å². The normalized spacial score (nSPS) is 15.6. The minimum absolute atomic E-state index is 0.0411. The summed E-state index contributed by atoms with van der Waals surface area (Å²) in [4.78, 5) is 16.4. The topological polar surface area (TPSA) is 67.3 Å². The molecule has 1 aliphatic heterocycles. The number of carbonyl (C=O) groups excluding carboxylic acids is 1. The van der Waals surface area contributed by atoms with Crippen molar-refractivity contribution in [2.45, 2.75) is 24.7 Å². The van der Waals surface area contributed by atoms with Crippen LogP contribution in [0, 0.1) is 23.4 Å². The number of benzene rings is 1. The van der Waals surface area contributed by atoms with Crippen molar-refractivity contribution >= 4 is 15.7 Å². The summed E-state index contributed by atoms with van der Waals surface area (Å²) in [6, 6.07) is 3.74. The van der Waals surface area contributed by atoms with Crippen molar-refractivity contribution in [2.75, 3.05) is 18.8 Å². The predicted molar refractivity (Wildman–Crippen MR) is 96.6 cm³/mol. The molecule has 28 heavy (non-hydrogen) atoms. The molecule has 1 aromatic heterocycles. The van der Waals surface area contributed by atoms with Gasteiger partial charge in [0.05, 0.1) is 16.8 Å². The van der Waals surface area contributed by atoms with E-state index in [1.807, 2.05) is 0 Å². The predicted octanol–water partition coefficient (Wildman–Crippen LogP) is 3.20. The maximum Gasteiger partial charge on any atom is 0.219 e. The van der Waals surface area contributed by atoms with Gasteiger partial charge in [-0.05, 0) is 37.0 Å². The number of hydrogen-bond acceptors (Lipinski definition) is 4. The molecule has 0 spiro atoms. The van der Waals surface area contributed by atoms with Crippen LogP contribution in [-0.2, 0) is 14.6 Å². The molecule has 1 amide bonds. The van der Waals surface area contributed by atoms with E-state index in [0.717, 1.165) is 18.3 Å². The molecule has 0 saturated carbocycles. The molecular formula is C19H19F3N2O3S. The largest absolute Gasteiger partial charge is 0.343 e. The average Bonchev–Trinajstić information content (AvgIpc) is 2.62. The van der Waals surface area contributed by atoms with E-state index in [2.05, 4.69) is 4.98 Å². The molecular weight excluding hydrogens is 393 g/mol.